The fourth-order valence-corrected chi connectivity index (χ4v) is 1.95. The first-order valence-corrected chi connectivity index (χ1v) is 5.87. The second-order valence-corrected chi connectivity index (χ2v) is 4.15. The van der Waals surface area contributed by atoms with Gasteiger partial charge >= 0.3 is 0 Å². The van der Waals surface area contributed by atoms with Crippen molar-refractivity contribution in [3.8, 4) is 0 Å². The summed E-state index contributed by atoms with van der Waals surface area (Å²) in [6.45, 7) is 3.85. The lowest BCUT2D eigenvalue weighted by molar-refractivity contribution is 0.679. The van der Waals surface area contributed by atoms with E-state index in [0.717, 1.165) is 30.9 Å². The normalized spacial score (nSPS) is 10.7. The van der Waals surface area contributed by atoms with Gasteiger partial charge in [-0.05, 0) is 6.92 Å². The molecule has 0 amide bonds. The number of nitrogens with zero attached hydrogens (tertiary/aromatic N) is 2. The Hall–Kier alpha value is -1.20. The van der Waals surface area contributed by atoms with Crippen LogP contribution >= 0.6 is 11.3 Å². The lowest BCUT2D eigenvalue weighted by Gasteiger charge is -2.01. The van der Waals surface area contributed by atoms with E-state index in [1.807, 2.05) is 18.6 Å². The highest BCUT2D eigenvalue weighted by Gasteiger charge is 1.99. The lowest BCUT2D eigenvalue weighted by atomic mass is 10.2. The van der Waals surface area contributed by atoms with Crippen LogP contribution in [0.25, 0.3) is 0 Å². The van der Waals surface area contributed by atoms with Crippen molar-refractivity contribution in [3.05, 3.63) is 34.0 Å². The molecular weight excluding hydrogens is 208 g/mol. The minimum absolute atomic E-state index is 0.868. The minimum Gasteiger partial charge on any atom is -0.312 e. The van der Waals surface area contributed by atoms with Crippen molar-refractivity contribution < 1.29 is 0 Å². The molecule has 15 heavy (non-hydrogen) atoms. The summed E-state index contributed by atoms with van der Waals surface area (Å²) in [5.41, 5.74) is 5.40. The number of hydrogen-bond acceptors (Lipinski definition) is 4. The molecule has 0 spiro atoms. The Kier molecular flexibility index (Phi) is 3.47. The maximum Gasteiger partial charge on any atom is 0.0794 e. The van der Waals surface area contributed by atoms with Gasteiger partial charge < -0.3 is 5.32 Å². The molecule has 2 aromatic heterocycles. The molecular formula is C10H14N4S. The number of thiazole rings is 1. The summed E-state index contributed by atoms with van der Waals surface area (Å²) >= 11 is 1.64. The van der Waals surface area contributed by atoms with Crippen molar-refractivity contribution in [1.29, 1.82) is 0 Å². The molecule has 2 aromatic rings. The molecule has 80 valence electrons. The third-order valence-electron chi connectivity index (χ3n) is 2.29. The summed E-state index contributed by atoms with van der Waals surface area (Å²) in [7, 11) is 0. The van der Waals surface area contributed by atoms with Crippen molar-refractivity contribution in [2.75, 3.05) is 6.54 Å². The van der Waals surface area contributed by atoms with Crippen LogP contribution in [0.4, 0.5) is 0 Å². The fourth-order valence-electron chi connectivity index (χ4n) is 1.35. The van der Waals surface area contributed by atoms with E-state index in [0.29, 0.717) is 0 Å². The number of aromatic nitrogens is 3. The van der Waals surface area contributed by atoms with Crippen LogP contribution in [0.1, 0.15) is 17.0 Å². The molecule has 0 atom stereocenters. The maximum atomic E-state index is 4.23. The van der Waals surface area contributed by atoms with Gasteiger partial charge in [-0.1, -0.05) is 0 Å². The molecule has 0 aliphatic heterocycles. The van der Waals surface area contributed by atoms with Gasteiger partial charge in [0.15, 0.2) is 0 Å². The van der Waals surface area contributed by atoms with E-state index in [1.54, 1.807) is 11.3 Å². The van der Waals surface area contributed by atoms with Crippen LogP contribution < -0.4 is 5.32 Å². The van der Waals surface area contributed by atoms with Gasteiger partial charge in [0.2, 0.25) is 0 Å². The van der Waals surface area contributed by atoms with Crippen LogP contribution in [-0.2, 0) is 13.0 Å². The van der Waals surface area contributed by atoms with E-state index >= 15 is 0 Å². The number of aryl methyl sites for hydroxylation is 1. The Balaban J connectivity index is 1.70. The third kappa shape index (κ3) is 2.87. The summed E-state index contributed by atoms with van der Waals surface area (Å²) < 4.78 is 0. The first-order chi connectivity index (χ1) is 7.36. The Bertz CT molecular complexity index is 393. The largest absolute Gasteiger partial charge is 0.312 e. The number of aromatic amines is 1. The minimum atomic E-state index is 0.868. The van der Waals surface area contributed by atoms with Crippen LogP contribution in [0.5, 0.6) is 0 Å². The molecule has 0 bridgehead atoms. The summed E-state index contributed by atoms with van der Waals surface area (Å²) in [5, 5.41) is 12.4. The van der Waals surface area contributed by atoms with Gasteiger partial charge in [0, 0.05) is 36.1 Å². The van der Waals surface area contributed by atoms with E-state index in [9.17, 15) is 0 Å². The predicted molar refractivity (Wildman–Crippen MR) is 60.8 cm³/mol. The van der Waals surface area contributed by atoms with Gasteiger partial charge in [0.05, 0.1) is 17.4 Å². The van der Waals surface area contributed by atoms with Crippen LogP contribution in [0.2, 0.25) is 0 Å². The molecule has 0 radical (unpaired) electrons. The van der Waals surface area contributed by atoms with Crippen LogP contribution in [-0.4, -0.2) is 21.7 Å². The van der Waals surface area contributed by atoms with Crippen molar-refractivity contribution in [2.24, 2.45) is 0 Å². The fraction of sp³-hybridized carbons (Fsp3) is 0.400. The zero-order chi connectivity index (χ0) is 10.5. The first kappa shape index (κ1) is 10.3. The number of hydrogen-bond donors (Lipinski definition) is 2. The summed E-state index contributed by atoms with van der Waals surface area (Å²) in [4.78, 5) is 4.23. The Morgan fingerprint density at radius 3 is 3.13 bits per heavy atom. The molecule has 0 aliphatic carbocycles. The topological polar surface area (TPSA) is 53.6 Å². The standard InChI is InChI=1S/C10H14N4S/c1-8-9(5-13-14-8)4-11-3-2-10-6-15-7-12-10/h5-7,11H,2-4H2,1H3,(H,13,14). The number of H-pyrrole nitrogens is 1. The molecule has 0 aromatic carbocycles. The van der Waals surface area contributed by atoms with Crippen molar-refractivity contribution in [2.45, 2.75) is 19.9 Å². The second kappa shape index (κ2) is 5.04. The molecule has 0 unspecified atom stereocenters. The van der Waals surface area contributed by atoms with Crippen LogP contribution in [0.15, 0.2) is 17.1 Å². The molecule has 2 rings (SSSR count). The molecule has 5 heteroatoms. The smallest absolute Gasteiger partial charge is 0.0794 e. The van der Waals surface area contributed by atoms with E-state index in [1.165, 1.54) is 5.56 Å². The quantitative estimate of drug-likeness (QED) is 0.754. The highest BCUT2D eigenvalue weighted by atomic mass is 32.1. The molecule has 4 nitrogen and oxygen atoms in total. The zero-order valence-corrected chi connectivity index (χ0v) is 9.47. The van der Waals surface area contributed by atoms with E-state index in [2.05, 4.69) is 25.9 Å². The molecule has 0 saturated carbocycles. The molecule has 0 saturated heterocycles. The second-order valence-electron chi connectivity index (χ2n) is 3.43. The van der Waals surface area contributed by atoms with Gasteiger partial charge in [-0.25, -0.2) is 4.98 Å². The first-order valence-electron chi connectivity index (χ1n) is 4.93. The lowest BCUT2D eigenvalue weighted by Crippen LogP contribution is -2.16. The van der Waals surface area contributed by atoms with Crippen molar-refractivity contribution in [1.82, 2.24) is 20.5 Å². The third-order valence-corrected chi connectivity index (χ3v) is 2.93. The Labute approximate surface area is 92.8 Å². The highest BCUT2D eigenvalue weighted by molar-refractivity contribution is 7.07. The molecule has 2 N–H and O–H groups in total. The van der Waals surface area contributed by atoms with E-state index in [-0.39, 0.29) is 0 Å². The van der Waals surface area contributed by atoms with Crippen molar-refractivity contribution in [3.63, 3.8) is 0 Å². The summed E-state index contributed by atoms with van der Waals surface area (Å²) in [6.07, 6.45) is 2.85. The monoisotopic (exact) mass is 222 g/mol. The molecule has 0 fully saturated rings. The zero-order valence-electron chi connectivity index (χ0n) is 8.66. The summed E-state index contributed by atoms with van der Waals surface area (Å²) in [5.74, 6) is 0. The van der Waals surface area contributed by atoms with Crippen molar-refractivity contribution >= 4 is 11.3 Å². The van der Waals surface area contributed by atoms with Gasteiger partial charge in [-0.2, -0.15) is 5.10 Å². The average molecular weight is 222 g/mol. The van der Waals surface area contributed by atoms with E-state index in [4.69, 9.17) is 0 Å². The van der Waals surface area contributed by atoms with Gasteiger partial charge in [0.25, 0.3) is 0 Å². The highest BCUT2D eigenvalue weighted by Crippen LogP contribution is 2.03. The number of nitrogens with one attached hydrogen (secondary N) is 2. The van der Waals surface area contributed by atoms with Gasteiger partial charge in [0.1, 0.15) is 0 Å². The SMILES string of the molecule is Cc1[nH]ncc1CNCCc1cscn1. The van der Waals surface area contributed by atoms with Crippen LogP contribution in [0, 0.1) is 6.92 Å². The maximum absolute atomic E-state index is 4.23. The Morgan fingerprint density at radius 1 is 1.53 bits per heavy atom. The van der Waals surface area contributed by atoms with Crippen LogP contribution in [0.3, 0.4) is 0 Å². The average Bonchev–Trinajstić information content (AvgIpc) is 2.85. The van der Waals surface area contributed by atoms with Gasteiger partial charge in [-0.15, -0.1) is 11.3 Å². The predicted octanol–water partition coefficient (Wildman–Crippen LogP) is 1.51. The van der Waals surface area contributed by atoms with E-state index < -0.39 is 0 Å². The molecule has 0 aliphatic rings. The number of rotatable bonds is 5. The summed E-state index contributed by atoms with van der Waals surface area (Å²) in [6, 6.07) is 0. The Morgan fingerprint density at radius 2 is 2.47 bits per heavy atom. The molecule has 2 heterocycles. The van der Waals surface area contributed by atoms with Gasteiger partial charge in [-0.3, -0.25) is 5.10 Å².